The van der Waals surface area contributed by atoms with Crippen molar-refractivity contribution in [2.24, 2.45) is 9.98 Å². The van der Waals surface area contributed by atoms with Crippen molar-refractivity contribution in [2.45, 2.75) is 19.0 Å². The minimum Gasteiger partial charge on any atom is -0.335 e. The van der Waals surface area contributed by atoms with Gasteiger partial charge < -0.3 is 10.2 Å². The summed E-state index contributed by atoms with van der Waals surface area (Å²) < 4.78 is 0. The molecule has 1 atom stereocenters. The van der Waals surface area contributed by atoms with Gasteiger partial charge in [0, 0.05) is 28.7 Å². The van der Waals surface area contributed by atoms with Crippen molar-refractivity contribution in [3.05, 3.63) is 75.8 Å². The number of hydrogen-bond acceptors (Lipinski definition) is 6. The highest BCUT2D eigenvalue weighted by molar-refractivity contribution is 8.17. The molecule has 0 unspecified atom stereocenters. The van der Waals surface area contributed by atoms with Gasteiger partial charge in [-0.3, -0.25) is 9.98 Å². The predicted molar refractivity (Wildman–Crippen MR) is 137 cm³/mol. The van der Waals surface area contributed by atoms with Crippen molar-refractivity contribution in [3.8, 4) is 0 Å². The third kappa shape index (κ3) is 5.11. The molecule has 5 rings (SSSR count). The van der Waals surface area contributed by atoms with Crippen molar-refractivity contribution >= 4 is 76.0 Å². The number of para-hydroxylation sites is 1. The highest BCUT2D eigenvalue weighted by atomic mass is 35.5. The van der Waals surface area contributed by atoms with E-state index in [0.29, 0.717) is 0 Å². The highest BCUT2D eigenvalue weighted by Gasteiger charge is 2.32. The van der Waals surface area contributed by atoms with Gasteiger partial charge in [0.05, 0.1) is 12.6 Å². The normalized spacial score (nSPS) is 18.8. The number of nitrogens with one attached hydrogen (secondary N) is 1. The fourth-order valence-corrected chi connectivity index (χ4v) is 5.71. The van der Waals surface area contributed by atoms with Gasteiger partial charge in [-0.25, -0.2) is 0 Å². The van der Waals surface area contributed by atoms with Crippen LogP contribution in [0.25, 0.3) is 0 Å². The number of nitrogens with zero attached hydrogens (tertiary/aromatic N) is 3. The minimum atomic E-state index is 0. The summed E-state index contributed by atoms with van der Waals surface area (Å²) in [7, 11) is 0. The second kappa shape index (κ2) is 10.3. The fourth-order valence-electron chi connectivity index (χ4n) is 3.55. The van der Waals surface area contributed by atoms with Crippen LogP contribution in [0.1, 0.15) is 11.1 Å². The number of rotatable bonds is 4. The summed E-state index contributed by atoms with van der Waals surface area (Å²) in [5.74, 6) is 0.893. The van der Waals surface area contributed by atoms with Gasteiger partial charge in [-0.05, 0) is 41.2 Å². The third-order valence-corrected chi connectivity index (χ3v) is 7.04. The number of hydrogen-bond donors (Lipinski definition) is 1. The maximum atomic E-state index is 6.12. The van der Waals surface area contributed by atoms with Gasteiger partial charge in [0.2, 0.25) is 0 Å². The van der Waals surface area contributed by atoms with Crippen LogP contribution in [0.2, 0.25) is 5.02 Å². The van der Waals surface area contributed by atoms with E-state index in [0.717, 1.165) is 40.6 Å². The van der Waals surface area contributed by atoms with E-state index >= 15 is 0 Å². The van der Waals surface area contributed by atoms with Crippen LogP contribution < -0.4 is 5.32 Å². The zero-order chi connectivity index (χ0) is 18.9. The Bertz CT molecular complexity index is 1010. The standard InChI is InChI=1S/C21H19ClN4S2.2ClH/c22-16-6-3-4-14(8-16)9-17-11-26-18(13-28-21(26)24-17)12-27-20-23-10-15-5-1-2-7-19(15)25-20;;/h1-8,13,17H,9-12H2,(H,23,25);2*1H/t17-;;/m0../s1. The molecule has 0 fully saturated rings. The summed E-state index contributed by atoms with van der Waals surface area (Å²) in [5.41, 5.74) is 4.97. The summed E-state index contributed by atoms with van der Waals surface area (Å²) in [5, 5.41) is 8.56. The Morgan fingerprint density at radius 2 is 2.03 bits per heavy atom. The number of aliphatic imine (C=N–C) groups is 2. The van der Waals surface area contributed by atoms with Crippen LogP contribution in [-0.4, -0.2) is 33.6 Å². The predicted octanol–water partition coefficient (Wildman–Crippen LogP) is 6.07. The summed E-state index contributed by atoms with van der Waals surface area (Å²) in [6.07, 6.45) is 0.923. The molecule has 30 heavy (non-hydrogen) atoms. The van der Waals surface area contributed by atoms with Gasteiger partial charge in [0.15, 0.2) is 10.3 Å². The van der Waals surface area contributed by atoms with Crippen LogP contribution in [0, 0.1) is 0 Å². The number of anilines is 1. The van der Waals surface area contributed by atoms with Crippen LogP contribution in [0.15, 0.2) is 69.6 Å². The third-order valence-electron chi connectivity index (χ3n) is 4.93. The largest absolute Gasteiger partial charge is 0.335 e. The van der Waals surface area contributed by atoms with E-state index in [2.05, 4.69) is 50.9 Å². The molecule has 2 aromatic carbocycles. The monoisotopic (exact) mass is 498 g/mol. The van der Waals surface area contributed by atoms with E-state index in [4.69, 9.17) is 16.6 Å². The summed E-state index contributed by atoms with van der Waals surface area (Å²) >= 11 is 9.60. The van der Waals surface area contributed by atoms with Crippen molar-refractivity contribution in [3.63, 3.8) is 0 Å². The molecule has 0 bridgehead atoms. The van der Waals surface area contributed by atoms with Crippen molar-refractivity contribution < 1.29 is 0 Å². The zero-order valence-corrected chi connectivity index (χ0v) is 20.0. The number of amidine groups is 2. The second-order valence-electron chi connectivity index (χ2n) is 6.93. The lowest BCUT2D eigenvalue weighted by Crippen LogP contribution is -2.26. The lowest BCUT2D eigenvalue weighted by atomic mass is 10.1. The molecule has 4 nitrogen and oxygen atoms in total. The first-order chi connectivity index (χ1) is 13.7. The second-order valence-corrected chi connectivity index (χ2v) is 9.17. The minimum absolute atomic E-state index is 0. The molecule has 2 aromatic rings. The summed E-state index contributed by atoms with van der Waals surface area (Å²) in [6, 6.07) is 16.7. The zero-order valence-electron chi connectivity index (χ0n) is 16.0. The van der Waals surface area contributed by atoms with Gasteiger partial charge in [-0.15, -0.1) is 24.8 Å². The topological polar surface area (TPSA) is 40.0 Å². The molecule has 0 saturated carbocycles. The van der Waals surface area contributed by atoms with Crippen LogP contribution in [0.3, 0.4) is 0 Å². The Kier molecular flexibility index (Phi) is 8.04. The fraction of sp³-hybridized carbons (Fsp3) is 0.238. The van der Waals surface area contributed by atoms with Crippen molar-refractivity contribution in [1.29, 1.82) is 0 Å². The van der Waals surface area contributed by atoms with Gasteiger partial charge >= 0.3 is 0 Å². The molecule has 3 aliphatic heterocycles. The van der Waals surface area contributed by atoms with Crippen LogP contribution in [-0.2, 0) is 13.0 Å². The maximum Gasteiger partial charge on any atom is 0.168 e. The molecule has 158 valence electrons. The molecule has 0 aliphatic carbocycles. The van der Waals surface area contributed by atoms with Gasteiger partial charge in [-0.1, -0.05) is 65.5 Å². The highest BCUT2D eigenvalue weighted by Crippen LogP contribution is 2.34. The number of thioether (sulfide) groups is 2. The molecule has 0 amide bonds. The Morgan fingerprint density at radius 1 is 1.17 bits per heavy atom. The smallest absolute Gasteiger partial charge is 0.168 e. The summed E-state index contributed by atoms with van der Waals surface area (Å²) in [6.45, 7) is 1.68. The molecule has 0 saturated heterocycles. The molecule has 1 N–H and O–H groups in total. The Hall–Kier alpha value is -1.31. The first kappa shape index (κ1) is 23.4. The SMILES string of the molecule is Cl.Cl.Clc1cccc(C[C@H]2CN3C(CSC4=NCc5ccccc5N4)=CSC3=N2)c1. The number of benzene rings is 2. The molecule has 3 aliphatic rings. The van der Waals surface area contributed by atoms with Crippen LogP contribution >= 0.6 is 59.9 Å². The van der Waals surface area contributed by atoms with Gasteiger partial charge in [-0.2, -0.15) is 0 Å². The lowest BCUT2D eigenvalue weighted by molar-refractivity contribution is 0.512. The molecule has 9 heteroatoms. The van der Waals surface area contributed by atoms with E-state index < -0.39 is 0 Å². The number of halogens is 3. The molecule has 3 heterocycles. The Balaban J connectivity index is 0.00000128. The van der Waals surface area contributed by atoms with E-state index in [1.54, 1.807) is 23.5 Å². The van der Waals surface area contributed by atoms with E-state index in [1.807, 2.05) is 18.2 Å². The summed E-state index contributed by atoms with van der Waals surface area (Å²) in [4.78, 5) is 11.9. The molecule has 0 spiro atoms. The maximum absolute atomic E-state index is 6.12. The van der Waals surface area contributed by atoms with Crippen LogP contribution in [0.4, 0.5) is 5.69 Å². The first-order valence-corrected chi connectivity index (χ1v) is 11.5. The van der Waals surface area contributed by atoms with E-state index in [9.17, 15) is 0 Å². The molecule has 0 radical (unpaired) electrons. The quantitative estimate of drug-likeness (QED) is 0.554. The van der Waals surface area contributed by atoms with Gasteiger partial charge in [0.25, 0.3) is 0 Å². The Morgan fingerprint density at radius 3 is 2.90 bits per heavy atom. The molecular weight excluding hydrogens is 479 g/mol. The van der Waals surface area contributed by atoms with Crippen LogP contribution in [0.5, 0.6) is 0 Å². The lowest BCUT2D eigenvalue weighted by Gasteiger charge is -2.20. The Labute approximate surface area is 202 Å². The van der Waals surface area contributed by atoms with E-state index in [-0.39, 0.29) is 30.9 Å². The van der Waals surface area contributed by atoms with Crippen molar-refractivity contribution in [2.75, 3.05) is 17.6 Å². The van der Waals surface area contributed by atoms with E-state index in [1.165, 1.54) is 22.5 Å². The number of fused-ring (bicyclic) bond motifs is 2. The average molecular weight is 500 g/mol. The first-order valence-electron chi connectivity index (χ1n) is 9.22. The molecule has 0 aromatic heterocycles. The average Bonchev–Trinajstić information content (AvgIpc) is 3.26. The van der Waals surface area contributed by atoms with Gasteiger partial charge in [0.1, 0.15) is 0 Å². The molecular formula is C21H21Cl3N4S2. The van der Waals surface area contributed by atoms with Crippen molar-refractivity contribution in [1.82, 2.24) is 4.90 Å².